The SMILES string of the molecule is O=C(NCCC=Cc1cccc(C(=O)O)c1)OCC1c2ccccc2-c2ccccc21. The van der Waals surface area contributed by atoms with Crippen molar-refractivity contribution in [3.05, 3.63) is 101 Å². The van der Waals surface area contributed by atoms with Gasteiger partial charge in [-0.3, -0.25) is 0 Å². The Morgan fingerprint density at radius 1 is 0.935 bits per heavy atom. The number of carboxylic acid groups (broad SMARTS) is 1. The van der Waals surface area contributed by atoms with E-state index >= 15 is 0 Å². The standard InChI is InChI=1S/C26H23NO4/c28-25(29)19-10-7-9-18(16-19)8-5-6-15-27-26(30)31-17-24-22-13-3-1-11-20(22)21-12-2-4-14-23(21)24/h1-5,7-14,16,24H,6,15,17H2,(H,27,30)(H,28,29). The molecule has 0 saturated heterocycles. The summed E-state index contributed by atoms with van der Waals surface area (Å²) >= 11 is 0. The molecule has 5 heteroatoms. The van der Waals surface area contributed by atoms with Crippen molar-refractivity contribution < 1.29 is 19.4 Å². The third kappa shape index (κ3) is 4.67. The summed E-state index contributed by atoms with van der Waals surface area (Å²) in [6.45, 7) is 0.726. The lowest BCUT2D eigenvalue weighted by molar-refractivity contribution is 0.0696. The Morgan fingerprint density at radius 2 is 1.61 bits per heavy atom. The number of nitrogens with one attached hydrogen (secondary N) is 1. The predicted octanol–water partition coefficient (Wildman–Crippen LogP) is 5.33. The molecular formula is C26H23NO4. The molecule has 2 N–H and O–H groups in total. The first kappa shape index (κ1) is 20.4. The van der Waals surface area contributed by atoms with E-state index in [4.69, 9.17) is 9.84 Å². The fourth-order valence-corrected chi connectivity index (χ4v) is 3.90. The molecule has 4 rings (SSSR count). The van der Waals surface area contributed by atoms with Gasteiger partial charge in [0.2, 0.25) is 0 Å². The molecular weight excluding hydrogens is 390 g/mol. The average molecular weight is 413 g/mol. The fourth-order valence-electron chi connectivity index (χ4n) is 3.90. The molecule has 0 heterocycles. The lowest BCUT2D eigenvalue weighted by atomic mass is 9.98. The molecule has 5 nitrogen and oxygen atoms in total. The minimum Gasteiger partial charge on any atom is -0.478 e. The van der Waals surface area contributed by atoms with Crippen LogP contribution in [0.1, 0.15) is 39.4 Å². The van der Waals surface area contributed by atoms with E-state index in [1.165, 1.54) is 22.3 Å². The van der Waals surface area contributed by atoms with Gasteiger partial charge in [0.1, 0.15) is 6.61 Å². The molecule has 3 aromatic rings. The van der Waals surface area contributed by atoms with E-state index in [1.807, 2.05) is 42.5 Å². The van der Waals surface area contributed by atoms with Gasteiger partial charge in [-0.1, -0.05) is 72.8 Å². The van der Waals surface area contributed by atoms with E-state index in [-0.39, 0.29) is 18.1 Å². The van der Waals surface area contributed by atoms with Crippen LogP contribution in [0.25, 0.3) is 17.2 Å². The number of hydrogen-bond donors (Lipinski definition) is 2. The maximum absolute atomic E-state index is 12.2. The Kier molecular flexibility index (Phi) is 6.13. The number of fused-ring (bicyclic) bond motifs is 3. The van der Waals surface area contributed by atoms with Crippen molar-refractivity contribution in [1.29, 1.82) is 0 Å². The van der Waals surface area contributed by atoms with Gasteiger partial charge in [-0.25, -0.2) is 9.59 Å². The van der Waals surface area contributed by atoms with Crippen LogP contribution in [-0.4, -0.2) is 30.3 Å². The molecule has 0 atom stereocenters. The second kappa shape index (κ2) is 9.30. The van der Waals surface area contributed by atoms with Crippen LogP contribution >= 0.6 is 0 Å². The van der Waals surface area contributed by atoms with Crippen LogP contribution in [0.15, 0.2) is 78.9 Å². The van der Waals surface area contributed by atoms with Crippen molar-refractivity contribution >= 4 is 18.1 Å². The van der Waals surface area contributed by atoms with Gasteiger partial charge < -0.3 is 15.2 Å². The number of benzene rings is 3. The Balaban J connectivity index is 1.27. The van der Waals surface area contributed by atoms with Crippen LogP contribution in [-0.2, 0) is 4.74 Å². The second-order valence-electron chi connectivity index (χ2n) is 7.37. The summed E-state index contributed by atoms with van der Waals surface area (Å²) in [7, 11) is 0. The zero-order chi connectivity index (χ0) is 21.6. The summed E-state index contributed by atoms with van der Waals surface area (Å²) in [4.78, 5) is 23.2. The summed E-state index contributed by atoms with van der Waals surface area (Å²) in [6.07, 6.45) is 3.90. The van der Waals surface area contributed by atoms with Crippen LogP contribution in [0.5, 0.6) is 0 Å². The minimum atomic E-state index is -0.952. The molecule has 0 saturated carbocycles. The molecule has 1 aliphatic rings. The largest absolute Gasteiger partial charge is 0.478 e. The number of carbonyl (C=O) groups is 2. The van der Waals surface area contributed by atoms with E-state index in [0.717, 1.165) is 5.56 Å². The molecule has 31 heavy (non-hydrogen) atoms. The second-order valence-corrected chi connectivity index (χ2v) is 7.37. The molecule has 0 fully saturated rings. The lowest BCUT2D eigenvalue weighted by Crippen LogP contribution is -2.26. The molecule has 1 aliphatic carbocycles. The first-order valence-electron chi connectivity index (χ1n) is 10.2. The average Bonchev–Trinajstić information content (AvgIpc) is 3.11. The van der Waals surface area contributed by atoms with Crippen molar-refractivity contribution in [2.75, 3.05) is 13.2 Å². The molecule has 0 aliphatic heterocycles. The summed E-state index contributed by atoms with van der Waals surface area (Å²) in [5, 5.41) is 11.8. The third-order valence-electron chi connectivity index (χ3n) is 5.37. The molecule has 0 radical (unpaired) electrons. The highest BCUT2D eigenvalue weighted by molar-refractivity contribution is 5.88. The Hall–Kier alpha value is -3.86. The lowest BCUT2D eigenvalue weighted by Gasteiger charge is -2.14. The van der Waals surface area contributed by atoms with E-state index < -0.39 is 12.1 Å². The number of aromatic carboxylic acids is 1. The van der Waals surface area contributed by atoms with Gasteiger partial charge in [-0.05, 0) is 46.4 Å². The molecule has 0 aromatic heterocycles. The number of hydrogen-bond acceptors (Lipinski definition) is 3. The highest BCUT2D eigenvalue weighted by Gasteiger charge is 2.28. The Bertz CT molecular complexity index is 1090. The quantitative estimate of drug-likeness (QED) is 0.514. The Morgan fingerprint density at radius 3 is 2.29 bits per heavy atom. The van der Waals surface area contributed by atoms with Gasteiger partial charge in [-0.2, -0.15) is 0 Å². The smallest absolute Gasteiger partial charge is 0.407 e. The maximum Gasteiger partial charge on any atom is 0.407 e. The summed E-state index contributed by atoms with van der Waals surface area (Å²) < 4.78 is 5.51. The van der Waals surface area contributed by atoms with Gasteiger partial charge >= 0.3 is 12.1 Å². The zero-order valence-corrected chi connectivity index (χ0v) is 17.0. The fraction of sp³-hybridized carbons (Fsp3) is 0.154. The van der Waals surface area contributed by atoms with Crippen molar-refractivity contribution in [1.82, 2.24) is 5.32 Å². The van der Waals surface area contributed by atoms with Crippen molar-refractivity contribution in [3.8, 4) is 11.1 Å². The van der Waals surface area contributed by atoms with Gasteiger partial charge in [0, 0.05) is 12.5 Å². The molecule has 0 spiro atoms. The van der Waals surface area contributed by atoms with Crippen LogP contribution in [0, 0.1) is 0 Å². The highest BCUT2D eigenvalue weighted by atomic mass is 16.5. The van der Waals surface area contributed by atoms with Gasteiger partial charge in [0.15, 0.2) is 0 Å². The molecule has 0 unspecified atom stereocenters. The number of amides is 1. The Labute approximate surface area is 181 Å². The van der Waals surface area contributed by atoms with Crippen molar-refractivity contribution in [3.63, 3.8) is 0 Å². The number of alkyl carbamates (subject to hydrolysis) is 1. The highest BCUT2D eigenvalue weighted by Crippen LogP contribution is 2.44. The molecule has 156 valence electrons. The number of carboxylic acids is 1. The third-order valence-corrected chi connectivity index (χ3v) is 5.37. The van der Waals surface area contributed by atoms with Gasteiger partial charge in [0.05, 0.1) is 5.56 Å². The van der Waals surface area contributed by atoms with E-state index in [0.29, 0.717) is 13.0 Å². The van der Waals surface area contributed by atoms with E-state index in [9.17, 15) is 9.59 Å². The molecule has 1 amide bonds. The van der Waals surface area contributed by atoms with E-state index in [2.05, 4.69) is 29.6 Å². The topological polar surface area (TPSA) is 75.6 Å². The van der Waals surface area contributed by atoms with Crippen LogP contribution < -0.4 is 5.32 Å². The van der Waals surface area contributed by atoms with Gasteiger partial charge in [0.25, 0.3) is 0 Å². The van der Waals surface area contributed by atoms with Crippen molar-refractivity contribution in [2.24, 2.45) is 0 Å². The van der Waals surface area contributed by atoms with E-state index in [1.54, 1.807) is 18.2 Å². The first-order valence-corrected chi connectivity index (χ1v) is 10.2. The summed E-state index contributed by atoms with van der Waals surface area (Å²) in [6, 6.07) is 23.2. The normalized spacial score (nSPS) is 12.4. The molecule has 3 aromatic carbocycles. The predicted molar refractivity (Wildman–Crippen MR) is 120 cm³/mol. The first-order chi connectivity index (χ1) is 15.1. The number of carbonyl (C=O) groups excluding carboxylic acids is 1. The monoisotopic (exact) mass is 413 g/mol. The van der Waals surface area contributed by atoms with Crippen LogP contribution in [0.3, 0.4) is 0 Å². The minimum absolute atomic E-state index is 0.0413. The zero-order valence-electron chi connectivity index (χ0n) is 17.0. The van der Waals surface area contributed by atoms with Crippen LogP contribution in [0.2, 0.25) is 0 Å². The van der Waals surface area contributed by atoms with Gasteiger partial charge in [-0.15, -0.1) is 0 Å². The maximum atomic E-state index is 12.2. The molecule has 0 bridgehead atoms. The van der Waals surface area contributed by atoms with Crippen LogP contribution in [0.4, 0.5) is 4.79 Å². The summed E-state index contributed by atoms with van der Waals surface area (Å²) in [5.41, 5.74) is 5.82. The number of rotatable bonds is 7. The summed E-state index contributed by atoms with van der Waals surface area (Å²) in [5.74, 6) is -0.910. The number of ether oxygens (including phenoxy) is 1. The van der Waals surface area contributed by atoms with Crippen molar-refractivity contribution in [2.45, 2.75) is 12.3 Å².